The first-order chi connectivity index (χ1) is 9.45. The van der Waals surface area contributed by atoms with Gasteiger partial charge in [-0.2, -0.15) is 0 Å². The fourth-order valence-corrected chi connectivity index (χ4v) is 2.33. The van der Waals surface area contributed by atoms with E-state index < -0.39 is 23.5 Å². The number of methoxy groups -OCH3 is 1. The highest BCUT2D eigenvalue weighted by molar-refractivity contribution is 9.10. The van der Waals surface area contributed by atoms with Crippen molar-refractivity contribution in [2.24, 2.45) is 5.73 Å². The van der Waals surface area contributed by atoms with Gasteiger partial charge in [-0.15, -0.1) is 0 Å². The second kappa shape index (κ2) is 5.85. The van der Waals surface area contributed by atoms with Gasteiger partial charge in [-0.25, -0.2) is 13.2 Å². The van der Waals surface area contributed by atoms with E-state index in [0.717, 1.165) is 12.1 Å². The molecule has 0 radical (unpaired) electrons. The van der Waals surface area contributed by atoms with Crippen LogP contribution in [-0.4, -0.2) is 7.11 Å². The van der Waals surface area contributed by atoms with Crippen LogP contribution in [0.25, 0.3) is 0 Å². The second-order valence-corrected chi connectivity index (χ2v) is 4.98. The quantitative estimate of drug-likeness (QED) is 0.855. The zero-order chi connectivity index (χ0) is 14.9. The van der Waals surface area contributed by atoms with E-state index in [9.17, 15) is 13.2 Å². The van der Waals surface area contributed by atoms with Gasteiger partial charge in [-0.3, -0.25) is 0 Å². The molecule has 0 bridgehead atoms. The molecule has 1 unspecified atom stereocenters. The molecule has 0 saturated heterocycles. The molecular weight excluding hydrogens is 335 g/mol. The molecule has 2 rings (SSSR count). The molecule has 2 aromatic carbocycles. The summed E-state index contributed by atoms with van der Waals surface area (Å²) < 4.78 is 45.7. The normalized spacial score (nSPS) is 12.3. The fraction of sp³-hybridized carbons (Fsp3) is 0.143. The van der Waals surface area contributed by atoms with Gasteiger partial charge in [0.15, 0.2) is 17.5 Å². The molecule has 2 N–H and O–H groups in total. The van der Waals surface area contributed by atoms with Crippen LogP contribution in [-0.2, 0) is 0 Å². The molecule has 20 heavy (non-hydrogen) atoms. The van der Waals surface area contributed by atoms with Crippen molar-refractivity contribution in [2.45, 2.75) is 6.04 Å². The van der Waals surface area contributed by atoms with Crippen LogP contribution in [0.4, 0.5) is 13.2 Å². The molecule has 0 amide bonds. The lowest BCUT2D eigenvalue weighted by molar-refractivity contribution is 0.413. The standard InChI is InChI=1S/C14H11BrF3NO/c1-20-7-2-4-10(15)9(6-7)14(19)8-3-5-11(16)13(18)12(8)17/h2-6,14H,19H2,1H3. The Labute approximate surface area is 122 Å². The average molecular weight is 346 g/mol. The zero-order valence-electron chi connectivity index (χ0n) is 10.5. The van der Waals surface area contributed by atoms with Crippen LogP contribution in [0.1, 0.15) is 17.2 Å². The summed E-state index contributed by atoms with van der Waals surface area (Å²) in [6.07, 6.45) is 0. The van der Waals surface area contributed by atoms with Crippen LogP contribution in [0, 0.1) is 17.5 Å². The maximum Gasteiger partial charge on any atom is 0.194 e. The van der Waals surface area contributed by atoms with E-state index in [4.69, 9.17) is 10.5 Å². The van der Waals surface area contributed by atoms with Gasteiger partial charge in [-0.1, -0.05) is 22.0 Å². The van der Waals surface area contributed by atoms with E-state index >= 15 is 0 Å². The predicted octanol–water partition coefficient (Wildman–Crippen LogP) is 3.92. The number of hydrogen-bond donors (Lipinski definition) is 1. The number of ether oxygens (including phenoxy) is 1. The largest absolute Gasteiger partial charge is 0.497 e. The predicted molar refractivity (Wildman–Crippen MR) is 73.0 cm³/mol. The Morgan fingerprint density at radius 3 is 2.40 bits per heavy atom. The van der Waals surface area contributed by atoms with Crippen molar-refractivity contribution in [3.05, 3.63) is 63.4 Å². The zero-order valence-corrected chi connectivity index (χ0v) is 12.0. The molecule has 0 fully saturated rings. The third-order valence-corrected chi connectivity index (χ3v) is 3.66. The van der Waals surface area contributed by atoms with Crippen LogP contribution >= 0.6 is 15.9 Å². The van der Waals surface area contributed by atoms with Crippen LogP contribution in [0.5, 0.6) is 5.75 Å². The second-order valence-electron chi connectivity index (χ2n) is 4.13. The molecule has 0 spiro atoms. The van der Waals surface area contributed by atoms with Gasteiger partial charge in [0, 0.05) is 10.0 Å². The Morgan fingerprint density at radius 2 is 1.75 bits per heavy atom. The molecule has 0 aromatic heterocycles. The van der Waals surface area contributed by atoms with Crippen molar-refractivity contribution in [2.75, 3.05) is 7.11 Å². The molecule has 0 aliphatic carbocycles. The molecule has 0 aliphatic heterocycles. The molecule has 1 atom stereocenters. The van der Waals surface area contributed by atoms with Crippen LogP contribution < -0.4 is 10.5 Å². The number of benzene rings is 2. The van der Waals surface area contributed by atoms with Crippen molar-refractivity contribution in [3.63, 3.8) is 0 Å². The van der Waals surface area contributed by atoms with E-state index in [2.05, 4.69) is 15.9 Å². The van der Waals surface area contributed by atoms with E-state index in [1.54, 1.807) is 18.2 Å². The molecule has 6 heteroatoms. The van der Waals surface area contributed by atoms with Crippen molar-refractivity contribution in [3.8, 4) is 5.75 Å². The molecule has 0 saturated carbocycles. The Hall–Kier alpha value is -1.53. The third-order valence-electron chi connectivity index (χ3n) is 2.94. The minimum Gasteiger partial charge on any atom is -0.497 e. The van der Waals surface area contributed by atoms with Crippen LogP contribution in [0.3, 0.4) is 0 Å². The lowest BCUT2D eigenvalue weighted by Gasteiger charge is -2.16. The van der Waals surface area contributed by atoms with Gasteiger partial charge in [0.05, 0.1) is 13.2 Å². The number of rotatable bonds is 3. The topological polar surface area (TPSA) is 35.2 Å². The molecular formula is C14H11BrF3NO. The summed E-state index contributed by atoms with van der Waals surface area (Å²) >= 11 is 3.29. The van der Waals surface area contributed by atoms with Gasteiger partial charge in [-0.05, 0) is 29.8 Å². The first-order valence-electron chi connectivity index (χ1n) is 5.68. The molecule has 2 aromatic rings. The smallest absolute Gasteiger partial charge is 0.194 e. The lowest BCUT2D eigenvalue weighted by atomic mass is 9.98. The van der Waals surface area contributed by atoms with E-state index in [0.29, 0.717) is 15.8 Å². The van der Waals surface area contributed by atoms with Gasteiger partial charge >= 0.3 is 0 Å². The van der Waals surface area contributed by atoms with Crippen LogP contribution in [0.2, 0.25) is 0 Å². The highest BCUT2D eigenvalue weighted by Gasteiger charge is 2.21. The minimum atomic E-state index is -1.53. The highest BCUT2D eigenvalue weighted by Crippen LogP contribution is 2.32. The van der Waals surface area contributed by atoms with Gasteiger partial charge in [0.2, 0.25) is 0 Å². The van der Waals surface area contributed by atoms with E-state index in [1.807, 2.05) is 0 Å². The van der Waals surface area contributed by atoms with Crippen molar-refractivity contribution >= 4 is 15.9 Å². The maximum absolute atomic E-state index is 13.8. The summed E-state index contributed by atoms with van der Waals surface area (Å²) in [5, 5.41) is 0. The number of halogens is 4. The molecule has 0 aliphatic rings. The molecule has 2 nitrogen and oxygen atoms in total. The van der Waals surface area contributed by atoms with Gasteiger partial charge < -0.3 is 10.5 Å². The lowest BCUT2D eigenvalue weighted by Crippen LogP contribution is -2.15. The van der Waals surface area contributed by atoms with Crippen molar-refractivity contribution in [1.29, 1.82) is 0 Å². The maximum atomic E-state index is 13.8. The summed E-state index contributed by atoms with van der Waals surface area (Å²) in [5.74, 6) is -3.53. The molecule has 106 valence electrons. The summed E-state index contributed by atoms with van der Waals surface area (Å²) in [7, 11) is 1.48. The summed E-state index contributed by atoms with van der Waals surface area (Å²) in [6, 6.07) is 6.02. The SMILES string of the molecule is COc1ccc(Br)c(C(N)c2ccc(F)c(F)c2F)c1. The number of hydrogen-bond acceptors (Lipinski definition) is 2. The first-order valence-corrected chi connectivity index (χ1v) is 6.47. The minimum absolute atomic E-state index is 0.127. The van der Waals surface area contributed by atoms with Gasteiger partial charge in [0.1, 0.15) is 5.75 Å². The monoisotopic (exact) mass is 345 g/mol. The highest BCUT2D eigenvalue weighted by atomic mass is 79.9. The van der Waals surface area contributed by atoms with E-state index in [1.165, 1.54) is 7.11 Å². The van der Waals surface area contributed by atoms with Crippen LogP contribution in [0.15, 0.2) is 34.8 Å². The Balaban J connectivity index is 2.51. The summed E-state index contributed by atoms with van der Waals surface area (Å²) in [5.41, 5.74) is 6.33. The molecule has 0 heterocycles. The van der Waals surface area contributed by atoms with E-state index in [-0.39, 0.29) is 5.56 Å². The third kappa shape index (κ3) is 2.66. The Morgan fingerprint density at radius 1 is 1.05 bits per heavy atom. The summed E-state index contributed by atoms with van der Waals surface area (Å²) in [6.45, 7) is 0. The van der Waals surface area contributed by atoms with Crippen molar-refractivity contribution in [1.82, 2.24) is 0 Å². The van der Waals surface area contributed by atoms with Crippen molar-refractivity contribution < 1.29 is 17.9 Å². The summed E-state index contributed by atoms with van der Waals surface area (Å²) in [4.78, 5) is 0. The van der Waals surface area contributed by atoms with Gasteiger partial charge in [0.25, 0.3) is 0 Å². The Bertz CT molecular complexity index is 649. The Kier molecular flexibility index (Phi) is 4.35. The number of nitrogens with two attached hydrogens (primary N) is 1. The first kappa shape index (κ1) is 14.9. The average Bonchev–Trinajstić information content (AvgIpc) is 2.45. The fourth-order valence-electron chi connectivity index (χ4n) is 1.84.